The molecule has 0 bridgehead atoms. The van der Waals surface area contributed by atoms with E-state index in [0.717, 1.165) is 19.6 Å². The molecule has 2 heterocycles. The molecule has 1 saturated heterocycles. The van der Waals surface area contributed by atoms with Gasteiger partial charge in [-0.2, -0.15) is 0 Å². The van der Waals surface area contributed by atoms with Gasteiger partial charge in [-0.05, 0) is 5.53 Å². The highest BCUT2D eigenvalue weighted by Crippen LogP contribution is 2.23. The molecule has 2 rings (SSSR count). The van der Waals surface area contributed by atoms with Crippen LogP contribution in [0.4, 0.5) is 0 Å². The maximum Gasteiger partial charge on any atom is 0.0949 e. The number of rotatable bonds is 5. The van der Waals surface area contributed by atoms with Gasteiger partial charge in [-0.3, -0.25) is 4.90 Å². The third kappa shape index (κ3) is 2.76. The van der Waals surface area contributed by atoms with Crippen molar-refractivity contribution in [3.63, 3.8) is 0 Å². The molecule has 0 N–H and O–H groups in total. The molecule has 2 atom stereocenters. The van der Waals surface area contributed by atoms with Crippen LogP contribution in [0.2, 0.25) is 0 Å². The molecule has 1 aliphatic rings. The highest BCUT2D eigenvalue weighted by Gasteiger charge is 2.33. The fourth-order valence-electron chi connectivity index (χ4n) is 2.23. The van der Waals surface area contributed by atoms with Crippen molar-refractivity contribution in [1.82, 2.24) is 14.5 Å². The van der Waals surface area contributed by atoms with Crippen LogP contribution in [0.25, 0.3) is 10.4 Å². The third-order valence-corrected chi connectivity index (χ3v) is 3.10. The van der Waals surface area contributed by atoms with Crippen LogP contribution in [0.15, 0.2) is 23.8 Å². The summed E-state index contributed by atoms with van der Waals surface area (Å²) >= 11 is 0. The average molecular weight is 236 g/mol. The number of methoxy groups -OCH3 is 1. The van der Waals surface area contributed by atoms with Gasteiger partial charge in [0.25, 0.3) is 0 Å². The van der Waals surface area contributed by atoms with Gasteiger partial charge in [0.05, 0.1) is 18.5 Å². The summed E-state index contributed by atoms with van der Waals surface area (Å²) in [5.74, 6) is 0. The number of hydrogen-bond acceptors (Lipinski definition) is 4. The Morgan fingerprint density at radius 1 is 1.59 bits per heavy atom. The first-order chi connectivity index (χ1) is 8.35. The normalized spacial score (nSPS) is 24.8. The first-order valence-corrected chi connectivity index (χ1v) is 5.58. The number of aromatic nitrogens is 2. The van der Waals surface area contributed by atoms with Crippen molar-refractivity contribution < 1.29 is 4.74 Å². The molecule has 0 aromatic carbocycles. The fraction of sp³-hybridized carbons (Fsp3) is 0.700. The van der Waals surface area contributed by atoms with Crippen molar-refractivity contribution in [3.8, 4) is 0 Å². The van der Waals surface area contributed by atoms with Crippen LogP contribution >= 0.6 is 0 Å². The Morgan fingerprint density at radius 2 is 2.47 bits per heavy atom. The molecule has 1 aliphatic heterocycles. The monoisotopic (exact) mass is 236 g/mol. The smallest absolute Gasteiger partial charge is 0.0949 e. The quantitative estimate of drug-likeness (QED) is 0.435. The molecule has 7 heteroatoms. The number of imidazole rings is 1. The van der Waals surface area contributed by atoms with Crippen LogP contribution in [0.3, 0.4) is 0 Å². The molecule has 1 fully saturated rings. The molecule has 92 valence electrons. The first kappa shape index (κ1) is 11.9. The molecule has 1 aromatic heterocycles. The Balaban J connectivity index is 1.96. The van der Waals surface area contributed by atoms with E-state index in [1.165, 1.54) is 0 Å². The number of hydrogen-bond donors (Lipinski definition) is 0. The second kappa shape index (κ2) is 5.67. The van der Waals surface area contributed by atoms with Crippen LogP contribution in [0.5, 0.6) is 0 Å². The summed E-state index contributed by atoms with van der Waals surface area (Å²) in [7, 11) is 1.73. The Kier molecular flexibility index (Phi) is 3.98. The maximum atomic E-state index is 8.24. The molecule has 0 unspecified atom stereocenters. The SMILES string of the molecule is CO[C@H]1CN(CCN=[N+]=[N-])C[C@H]1n1ccnc1. The van der Waals surface area contributed by atoms with Crippen molar-refractivity contribution in [2.75, 3.05) is 33.3 Å². The summed E-state index contributed by atoms with van der Waals surface area (Å²) in [6, 6.07) is 0.286. The highest BCUT2D eigenvalue weighted by atomic mass is 16.5. The zero-order chi connectivity index (χ0) is 12.1. The molecular weight excluding hydrogens is 220 g/mol. The van der Waals surface area contributed by atoms with Gasteiger partial charge >= 0.3 is 0 Å². The van der Waals surface area contributed by atoms with Gasteiger partial charge in [-0.25, -0.2) is 4.98 Å². The number of ether oxygens (including phenoxy) is 1. The van der Waals surface area contributed by atoms with E-state index < -0.39 is 0 Å². The second-order valence-electron chi connectivity index (χ2n) is 4.07. The largest absolute Gasteiger partial charge is 0.378 e. The van der Waals surface area contributed by atoms with E-state index in [0.29, 0.717) is 6.54 Å². The lowest BCUT2D eigenvalue weighted by Gasteiger charge is -2.17. The summed E-state index contributed by atoms with van der Waals surface area (Å²) in [5.41, 5.74) is 8.24. The average Bonchev–Trinajstić information content (AvgIpc) is 2.97. The van der Waals surface area contributed by atoms with E-state index in [9.17, 15) is 0 Å². The Bertz CT molecular complexity index is 386. The Labute approximate surface area is 99.6 Å². The molecule has 0 radical (unpaired) electrons. The molecule has 7 nitrogen and oxygen atoms in total. The van der Waals surface area contributed by atoms with Crippen LogP contribution < -0.4 is 0 Å². The highest BCUT2D eigenvalue weighted by molar-refractivity contribution is 4.93. The molecule has 0 saturated carbocycles. The molecule has 1 aromatic rings. The Hall–Kier alpha value is -1.56. The minimum atomic E-state index is 0.162. The van der Waals surface area contributed by atoms with Crippen LogP contribution in [0.1, 0.15) is 6.04 Å². The molecule has 0 spiro atoms. The minimum absolute atomic E-state index is 0.162. The van der Waals surface area contributed by atoms with Gasteiger partial charge in [0.15, 0.2) is 0 Å². The van der Waals surface area contributed by atoms with E-state index in [4.69, 9.17) is 10.3 Å². The molecule has 17 heavy (non-hydrogen) atoms. The predicted octanol–water partition coefficient (Wildman–Crippen LogP) is 1.07. The van der Waals surface area contributed by atoms with E-state index >= 15 is 0 Å². The van der Waals surface area contributed by atoms with Crippen molar-refractivity contribution in [1.29, 1.82) is 0 Å². The van der Waals surface area contributed by atoms with Crippen molar-refractivity contribution in [2.24, 2.45) is 5.11 Å². The lowest BCUT2D eigenvalue weighted by molar-refractivity contribution is 0.0817. The zero-order valence-corrected chi connectivity index (χ0v) is 9.81. The first-order valence-electron chi connectivity index (χ1n) is 5.58. The van der Waals surface area contributed by atoms with E-state index in [1.54, 1.807) is 13.3 Å². The van der Waals surface area contributed by atoms with Gasteiger partial charge in [0, 0.05) is 50.6 Å². The van der Waals surface area contributed by atoms with Crippen molar-refractivity contribution in [3.05, 3.63) is 29.2 Å². The standard InChI is InChI=1S/C10H16N6O/c1-17-10-7-15(4-3-13-14-11)6-9(10)16-5-2-12-8-16/h2,5,8-10H,3-4,6-7H2,1H3/t9-,10+/m1/s1. The van der Waals surface area contributed by atoms with Crippen LogP contribution in [-0.2, 0) is 4.74 Å². The van der Waals surface area contributed by atoms with Crippen LogP contribution in [-0.4, -0.2) is 53.8 Å². The molecular formula is C10H16N6O. The summed E-state index contributed by atoms with van der Waals surface area (Å²) in [6.45, 7) is 3.04. The summed E-state index contributed by atoms with van der Waals surface area (Å²) in [4.78, 5) is 9.06. The van der Waals surface area contributed by atoms with Gasteiger partial charge in [0.2, 0.25) is 0 Å². The number of likely N-dealkylation sites (tertiary alicyclic amines) is 1. The van der Waals surface area contributed by atoms with Crippen molar-refractivity contribution in [2.45, 2.75) is 12.1 Å². The minimum Gasteiger partial charge on any atom is -0.378 e. The number of azide groups is 1. The zero-order valence-electron chi connectivity index (χ0n) is 9.81. The summed E-state index contributed by atoms with van der Waals surface area (Å²) < 4.78 is 7.56. The van der Waals surface area contributed by atoms with Crippen molar-refractivity contribution >= 4 is 0 Å². The fourth-order valence-corrected chi connectivity index (χ4v) is 2.23. The molecule has 0 amide bonds. The van der Waals surface area contributed by atoms with Gasteiger partial charge in [-0.1, -0.05) is 5.11 Å². The summed E-state index contributed by atoms with van der Waals surface area (Å²) in [6.07, 6.45) is 5.70. The van der Waals surface area contributed by atoms with E-state index in [1.807, 2.05) is 12.5 Å². The lowest BCUT2D eigenvalue weighted by atomic mass is 10.2. The maximum absolute atomic E-state index is 8.24. The number of nitrogens with zero attached hydrogens (tertiary/aromatic N) is 6. The van der Waals surface area contributed by atoms with E-state index in [-0.39, 0.29) is 12.1 Å². The predicted molar refractivity (Wildman–Crippen MR) is 62.5 cm³/mol. The summed E-state index contributed by atoms with van der Waals surface area (Å²) in [5, 5.41) is 3.55. The topological polar surface area (TPSA) is 79.0 Å². The van der Waals surface area contributed by atoms with Gasteiger partial charge in [-0.15, -0.1) is 0 Å². The van der Waals surface area contributed by atoms with Crippen LogP contribution in [0, 0.1) is 0 Å². The Morgan fingerprint density at radius 3 is 3.12 bits per heavy atom. The van der Waals surface area contributed by atoms with Gasteiger partial charge < -0.3 is 9.30 Å². The second-order valence-corrected chi connectivity index (χ2v) is 4.07. The lowest BCUT2D eigenvalue weighted by Crippen LogP contribution is -2.25. The molecule has 0 aliphatic carbocycles. The van der Waals surface area contributed by atoms with E-state index in [2.05, 4.69) is 24.5 Å². The van der Waals surface area contributed by atoms with Gasteiger partial charge in [0.1, 0.15) is 0 Å². The third-order valence-electron chi connectivity index (χ3n) is 3.10.